The van der Waals surface area contributed by atoms with E-state index in [2.05, 4.69) is 82.7 Å². The van der Waals surface area contributed by atoms with Gasteiger partial charge in [-0.3, -0.25) is 38.3 Å². The molecule has 14 heterocycles. The molecule has 0 radical (unpaired) electrons. The number of fused-ring (bicyclic) bond motifs is 5. The van der Waals surface area contributed by atoms with Gasteiger partial charge in [0.25, 0.3) is 0 Å². The number of sulfonamides is 1. The predicted octanol–water partition coefficient (Wildman–Crippen LogP) is 19.2. The summed E-state index contributed by atoms with van der Waals surface area (Å²) in [6.07, 6.45) is 7.48. The van der Waals surface area contributed by atoms with Crippen LogP contribution < -0.4 is 23.7 Å². The summed E-state index contributed by atoms with van der Waals surface area (Å²) in [7, 11) is 6.28. The van der Waals surface area contributed by atoms with Crippen LogP contribution in [0.5, 0.6) is 28.7 Å². The van der Waals surface area contributed by atoms with Crippen molar-refractivity contribution in [2.24, 2.45) is 0 Å². The second-order valence-corrected chi connectivity index (χ2v) is 40.9. The Kier molecular flexibility index (Phi) is 32.9. The number of aromatic nitrogens is 7. The molecule has 1 amide bonds. The van der Waals surface area contributed by atoms with Gasteiger partial charge < -0.3 is 65.6 Å². The summed E-state index contributed by atoms with van der Waals surface area (Å²) in [4.78, 5) is 96.4. The van der Waals surface area contributed by atoms with E-state index in [4.69, 9.17) is 49.5 Å². The summed E-state index contributed by atoms with van der Waals surface area (Å²) in [5, 5.41) is 5.62. The third-order valence-electron chi connectivity index (χ3n) is 24.3. The molecular formula is C102H109ClFN11O16S6. The number of hydrogen-bond donors (Lipinski definition) is 0. The first-order valence-corrected chi connectivity index (χ1v) is 51.1. The number of rotatable bonds is 29. The molecular weight excluding hydrogens is 1880 g/mol. The Morgan fingerprint density at radius 3 is 1.12 bits per heavy atom. The molecule has 5 aromatic carbocycles. The number of thiophene rings is 5. The number of carbonyl (C=O) groups is 6. The number of morpholine rings is 3. The largest absolute Gasteiger partial charge is 0.497 e. The first kappa shape index (κ1) is 99.7. The summed E-state index contributed by atoms with van der Waals surface area (Å²) in [5.74, 6) is 2.30. The number of nitrogens with zero attached hydrogens (tertiary/aromatic N) is 11. The van der Waals surface area contributed by atoms with Crippen molar-refractivity contribution in [3.63, 3.8) is 0 Å². The van der Waals surface area contributed by atoms with Crippen LogP contribution in [0.2, 0.25) is 5.02 Å². The van der Waals surface area contributed by atoms with Gasteiger partial charge in [0, 0.05) is 195 Å². The van der Waals surface area contributed by atoms with Crippen molar-refractivity contribution in [2.75, 3.05) is 147 Å². The lowest BCUT2D eigenvalue weighted by atomic mass is 10.1. The minimum atomic E-state index is -3.17. The molecule has 3 aliphatic heterocycles. The van der Waals surface area contributed by atoms with E-state index in [0.717, 1.165) is 165 Å². The molecule has 27 nitrogen and oxygen atoms in total. The van der Waals surface area contributed by atoms with Gasteiger partial charge >= 0.3 is 6.03 Å². The van der Waals surface area contributed by atoms with E-state index in [0.29, 0.717) is 116 Å². The lowest BCUT2D eigenvalue weighted by Gasteiger charge is -2.27. The molecule has 35 heteroatoms. The number of imidazole rings is 1. The van der Waals surface area contributed by atoms with Crippen LogP contribution >= 0.6 is 68.3 Å². The monoisotopic (exact) mass is 1990 g/mol. The van der Waals surface area contributed by atoms with Gasteiger partial charge in [-0.05, 0) is 205 Å². The topological polar surface area (TPSA) is 266 Å². The van der Waals surface area contributed by atoms with Crippen molar-refractivity contribution in [1.82, 2.24) is 51.4 Å². The van der Waals surface area contributed by atoms with E-state index in [1.807, 2.05) is 87.0 Å². The lowest BCUT2D eigenvalue weighted by molar-refractivity contribution is 0.0364. The van der Waals surface area contributed by atoms with Crippen LogP contribution in [0.15, 0.2) is 189 Å². The van der Waals surface area contributed by atoms with Gasteiger partial charge in [-0.1, -0.05) is 11.6 Å². The van der Waals surface area contributed by atoms with E-state index in [1.54, 1.807) is 135 Å². The smallest absolute Gasteiger partial charge is 0.329 e. The Balaban J connectivity index is 0.000000130. The second-order valence-electron chi connectivity index (χ2n) is 33.3. The zero-order valence-corrected chi connectivity index (χ0v) is 84.1. The highest BCUT2D eigenvalue weighted by atomic mass is 35.5. The third-order valence-corrected chi connectivity index (χ3v) is 31.8. The normalized spacial score (nSPS) is 13.7. The summed E-state index contributed by atoms with van der Waals surface area (Å²) >= 11 is 13.6. The fourth-order valence-electron chi connectivity index (χ4n) is 16.5. The van der Waals surface area contributed by atoms with Crippen molar-refractivity contribution in [2.45, 2.75) is 73.8 Å². The van der Waals surface area contributed by atoms with Crippen molar-refractivity contribution >= 4 is 164 Å². The molecule has 0 saturated carbocycles. The molecule has 19 rings (SSSR count). The van der Waals surface area contributed by atoms with Gasteiger partial charge in [0.2, 0.25) is 38.9 Å². The molecule has 0 N–H and O–H groups in total. The summed E-state index contributed by atoms with van der Waals surface area (Å²) < 4.78 is 93.2. The van der Waals surface area contributed by atoms with Crippen molar-refractivity contribution in [1.29, 1.82) is 0 Å². The van der Waals surface area contributed by atoms with Crippen LogP contribution in [0.3, 0.4) is 0 Å². The van der Waals surface area contributed by atoms with E-state index < -0.39 is 15.8 Å². The molecule has 0 atom stereocenters. The Bertz CT molecular complexity index is 6940. The maximum absolute atomic E-state index is 14.3. The maximum Gasteiger partial charge on any atom is 0.329 e. The molecule has 0 bridgehead atoms. The van der Waals surface area contributed by atoms with E-state index in [-0.39, 0.29) is 40.5 Å². The fraction of sp³-hybridized carbons (Fsp3) is 0.324. The average Bonchev–Trinajstić information content (AvgIpc) is 1.64. The van der Waals surface area contributed by atoms with Crippen LogP contribution in [0, 0.1) is 40.4 Å². The number of ether oxygens (including phenoxy) is 8. The van der Waals surface area contributed by atoms with Gasteiger partial charge in [-0.2, -0.15) is 0 Å². The molecule has 16 aromatic rings. The first-order valence-electron chi connectivity index (χ1n) is 44.7. The molecule has 0 aliphatic carbocycles. The zero-order chi connectivity index (χ0) is 96.9. The molecule has 3 saturated heterocycles. The number of methoxy groups -OCH3 is 5. The van der Waals surface area contributed by atoms with Crippen LogP contribution in [-0.2, 0) is 57.0 Å². The minimum absolute atomic E-state index is 0.00938. The van der Waals surface area contributed by atoms with E-state index in [1.165, 1.54) is 92.2 Å². The van der Waals surface area contributed by atoms with Crippen LogP contribution in [0.4, 0.5) is 9.18 Å². The molecule has 137 heavy (non-hydrogen) atoms. The predicted molar refractivity (Wildman–Crippen MR) is 542 cm³/mol. The zero-order valence-electron chi connectivity index (χ0n) is 78.4. The fourth-order valence-corrected chi connectivity index (χ4v) is 23.1. The Labute approximate surface area is 819 Å². The van der Waals surface area contributed by atoms with Crippen molar-refractivity contribution < 1.29 is 79.5 Å². The Morgan fingerprint density at radius 1 is 0.409 bits per heavy atom. The van der Waals surface area contributed by atoms with Crippen molar-refractivity contribution in [3.8, 4) is 28.7 Å². The maximum atomic E-state index is 14.3. The lowest BCUT2D eigenvalue weighted by Crippen LogP contribution is -2.43. The van der Waals surface area contributed by atoms with E-state index in [9.17, 15) is 41.6 Å². The SMILES string of the molecule is COc1ccc(C(=O)c2cc3cc(C)n(C(=O)N4CCOCC4)c3s2)cc1.COc1ccc(C(=O)c2cc3cc(C)n(CCCN(C)S(C)(=O)=O)c3s2)cc1.COc1ccc(C(=O)c2cc3cc(C)n(CCN4CCOCC4)c3s2)c(Cl)c1.COc1ccc(C(=O)c2cc3cc(C)n(CCN4CCOCC4)c3s2)c(F)c1.COc1ccc(C(=O)c2cc3cc(C)n(CCn4ccnc4)c3s2)cc1. The summed E-state index contributed by atoms with van der Waals surface area (Å²) in [6.45, 7) is 26.1. The van der Waals surface area contributed by atoms with Crippen LogP contribution in [-0.4, -0.2) is 242 Å². The number of ketones is 5. The van der Waals surface area contributed by atoms with Gasteiger partial charge in [0.1, 0.15) is 58.7 Å². The molecule has 718 valence electrons. The standard InChI is InChI=1S/C21H23ClN2O3S.C21H23FN2O3S.C20H19N3O2S.C20H24N2O4S2.C20H20N2O4S/c2*1-14-11-15-12-19(20(25)17-4-3-16(26-2)13-18(17)22)28-21(15)24(14)6-5-23-7-9-27-10-8-23;1-14-11-16-12-18(19(24)15-3-5-17(25-2)6-4-15)26-20(16)23(14)10-9-22-8-7-21-13-22;1-14-12-16-13-18(19(23)15-6-8-17(26-3)9-7-15)27-20(16)22(14)11-5-10-21(2)28(4,24)25;1-13-11-15-12-17(18(23)14-3-5-16(25-2)6-4-14)27-19(15)22(13)20(24)21-7-9-26-10-8-21/h2*3-4,11-13H,5-10H2,1-2H3;3-8,11-13H,9-10H2,1-2H3;6-9,12-13H,5,10-11H2,1-4H3;3-6,11-12H,7-10H2,1-2H3. The first-order chi connectivity index (χ1) is 66.1. The molecule has 0 spiro atoms. The molecule has 11 aromatic heterocycles. The highest BCUT2D eigenvalue weighted by Gasteiger charge is 2.28. The van der Waals surface area contributed by atoms with Gasteiger partial charge in [0.05, 0.1) is 123 Å². The number of aryl methyl sites for hydroxylation is 8. The number of benzene rings is 5. The third kappa shape index (κ3) is 23.6. The number of hydrogen-bond acceptors (Lipinski definition) is 24. The number of halogens is 2. The second kappa shape index (κ2) is 45.2. The Hall–Kier alpha value is -11.7. The van der Waals surface area contributed by atoms with E-state index >= 15 is 0 Å². The molecule has 3 fully saturated rings. The van der Waals surface area contributed by atoms with Crippen molar-refractivity contribution in [3.05, 3.63) is 280 Å². The number of amides is 1. The molecule has 0 unspecified atom stereocenters. The summed E-state index contributed by atoms with van der Waals surface area (Å²) in [6, 6.07) is 50.9. The van der Waals surface area contributed by atoms with Crippen LogP contribution in [0.25, 0.3) is 51.1 Å². The highest BCUT2D eigenvalue weighted by molar-refractivity contribution is 7.88. The minimum Gasteiger partial charge on any atom is -0.497 e. The number of carbonyl (C=O) groups excluding carboxylic acids is 6. The Morgan fingerprint density at radius 2 is 0.745 bits per heavy atom. The summed E-state index contributed by atoms with van der Waals surface area (Å²) in [5.41, 5.74) is 8.05. The highest BCUT2D eigenvalue weighted by Crippen LogP contribution is 2.39. The average molecular weight is 1990 g/mol. The van der Waals surface area contributed by atoms with Gasteiger partial charge in [-0.15, -0.1) is 56.7 Å². The van der Waals surface area contributed by atoms with Gasteiger partial charge in [-0.25, -0.2) is 26.9 Å². The van der Waals surface area contributed by atoms with Gasteiger partial charge in [0.15, 0.2) is 0 Å². The molecule has 3 aliphatic rings. The van der Waals surface area contributed by atoms with Crippen LogP contribution in [0.1, 0.15) is 111 Å². The quantitative estimate of drug-likeness (QED) is 0.0394.